The van der Waals surface area contributed by atoms with Crippen LogP contribution >= 0.6 is 0 Å². The van der Waals surface area contributed by atoms with Gasteiger partial charge < -0.3 is 16.2 Å². The summed E-state index contributed by atoms with van der Waals surface area (Å²) in [4.78, 5) is 11.0. The molecule has 0 aliphatic heterocycles. The predicted octanol–water partition coefficient (Wildman–Crippen LogP) is 0.391. The molecular formula is C11H22N2O2. The van der Waals surface area contributed by atoms with Crippen molar-refractivity contribution in [2.75, 3.05) is 6.54 Å². The summed E-state index contributed by atoms with van der Waals surface area (Å²) in [6.45, 7) is 2.79. The minimum Gasteiger partial charge on any atom is -0.393 e. The van der Waals surface area contributed by atoms with Crippen molar-refractivity contribution in [2.45, 2.75) is 51.2 Å². The standard InChI is InChI=1S/C11H22N2O2/c1-2-10(11(12)15)13-7-8-3-5-9(14)6-4-8/h8-10,13-14H,2-7H2,1H3,(H2,12,15). The molecule has 0 heterocycles. The number of amides is 1. The van der Waals surface area contributed by atoms with E-state index in [0.717, 1.165) is 38.6 Å². The zero-order chi connectivity index (χ0) is 11.3. The number of carbonyl (C=O) groups is 1. The zero-order valence-corrected chi connectivity index (χ0v) is 9.41. The monoisotopic (exact) mass is 214 g/mol. The summed E-state index contributed by atoms with van der Waals surface area (Å²) in [5.74, 6) is 0.315. The second-order valence-electron chi connectivity index (χ2n) is 4.45. The second kappa shape index (κ2) is 6.08. The number of rotatable bonds is 5. The Morgan fingerprint density at radius 2 is 2.07 bits per heavy atom. The third kappa shape index (κ3) is 4.18. The normalized spacial score (nSPS) is 28.7. The van der Waals surface area contributed by atoms with Gasteiger partial charge in [-0.2, -0.15) is 0 Å². The van der Waals surface area contributed by atoms with Crippen molar-refractivity contribution in [3.63, 3.8) is 0 Å². The Balaban J connectivity index is 2.21. The molecule has 1 atom stereocenters. The van der Waals surface area contributed by atoms with E-state index >= 15 is 0 Å². The first kappa shape index (κ1) is 12.5. The topological polar surface area (TPSA) is 75.3 Å². The third-order valence-electron chi connectivity index (χ3n) is 3.22. The smallest absolute Gasteiger partial charge is 0.234 e. The van der Waals surface area contributed by atoms with Gasteiger partial charge in [-0.1, -0.05) is 6.92 Å². The minimum atomic E-state index is -0.270. The molecule has 4 N–H and O–H groups in total. The van der Waals surface area contributed by atoms with Crippen molar-refractivity contribution in [2.24, 2.45) is 11.7 Å². The Kier molecular flexibility index (Phi) is 5.05. The second-order valence-corrected chi connectivity index (χ2v) is 4.45. The van der Waals surface area contributed by atoms with E-state index in [1.807, 2.05) is 6.92 Å². The van der Waals surface area contributed by atoms with Crippen LogP contribution in [-0.4, -0.2) is 29.7 Å². The highest BCUT2D eigenvalue weighted by Gasteiger charge is 2.20. The Bertz CT molecular complexity index is 201. The number of hydrogen-bond acceptors (Lipinski definition) is 3. The number of nitrogens with one attached hydrogen (secondary N) is 1. The Morgan fingerprint density at radius 1 is 1.47 bits per heavy atom. The third-order valence-corrected chi connectivity index (χ3v) is 3.22. The van der Waals surface area contributed by atoms with E-state index in [2.05, 4.69) is 5.32 Å². The number of primary amides is 1. The lowest BCUT2D eigenvalue weighted by Crippen LogP contribution is -2.43. The molecule has 88 valence electrons. The van der Waals surface area contributed by atoms with Crippen molar-refractivity contribution < 1.29 is 9.90 Å². The maximum atomic E-state index is 11.0. The molecule has 0 saturated heterocycles. The van der Waals surface area contributed by atoms with Gasteiger partial charge >= 0.3 is 0 Å². The molecule has 1 saturated carbocycles. The van der Waals surface area contributed by atoms with Crippen LogP contribution in [0.25, 0.3) is 0 Å². The summed E-state index contributed by atoms with van der Waals surface area (Å²) < 4.78 is 0. The van der Waals surface area contributed by atoms with Crippen LogP contribution in [0.5, 0.6) is 0 Å². The van der Waals surface area contributed by atoms with Gasteiger partial charge in [-0.15, -0.1) is 0 Å². The van der Waals surface area contributed by atoms with Crippen molar-refractivity contribution in [1.82, 2.24) is 5.32 Å². The first-order chi connectivity index (χ1) is 7.13. The highest BCUT2D eigenvalue weighted by atomic mass is 16.3. The molecule has 1 rings (SSSR count). The van der Waals surface area contributed by atoms with Crippen molar-refractivity contribution in [3.8, 4) is 0 Å². The van der Waals surface area contributed by atoms with Gasteiger partial charge in [0.1, 0.15) is 0 Å². The fraction of sp³-hybridized carbons (Fsp3) is 0.909. The molecule has 1 aliphatic carbocycles. The molecule has 4 nitrogen and oxygen atoms in total. The maximum absolute atomic E-state index is 11.0. The summed E-state index contributed by atoms with van der Waals surface area (Å²) in [6, 6.07) is -0.197. The van der Waals surface area contributed by atoms with E-state index in [-0.39, 0.29) is 18.1 Å². The molecule has 4 heteroatoms. The van der Waals surface area contributed by atoms with E-state index in [9.17, 15) is 9.90 Å². The van der Waals surface area contributed by atoms with Crippen molar-refractivity contribution in [1.29, 1.82) is 0 Å². The van der Waals surface area contributed by atoms with Gasteiger partial charge in [0.25, 0.3) is 0 Å². The molecule has 1 amide bonds. The van der Waals surface area contributed by atoms with Gasteiger partial charge in [0.15, 0.2) is 0 Å². The predicted molar refractivity (Wildman–Crippen MR) is 59.2 cm³/mol. The summed E-state index contributed by atoms with van der Waals surface area (Å²) in [5.41, 5.74) is 5.24. The molecule has 0 radical (unpaired) electrons. The Morgan fingerprint density at radius 3 is 2.53 bits per heavy atom. The van der Waals surface area contributed by atoms with Gasteiger partial charge in [0.05, 0.1) is 12.1 Å². The minimum absolute atomic E-state index is 0.112. The lowest BCUT2D eigenvalue weighted by Gasteiger charge is -2.26. The number of nitrogens with two attached hydrogens (primary N) is 1. The van der Waals surface area contributed by atoms with Crippen molar-refractivity contribution in [3.05, 3.63) is 0 Å². The molecule has 0 aromatic heterocycles. The van der Waals surface area contributed by atoms with Crippen LogP contribution in [0.2, 0.25) is 0 Å². The van der Waals surface area contributed by atoms with Crippen LogP contribution < -0.4 is 11.1 Å². The highest BCUT2D eigenvalue weighted by Crippen LogP contribution is 2.23. The molecule has 15 heavy (non-hydrogen) atoms. The van der Waals surface area contributed by atoms with E-state index in [1.165, 1.54) is 0 Å². The summed E-state index contributed by atoms with van der Waals surface area (Å²) in [5, 5.41) is 12.5. The number of hydrogen-bond donors (Lipinski definition) is 3. The van der Waals surface area contributed by atoms with Gasteiger partial charge in [-0.05, 0) is 44.6 Å². The number of aliphatic hydroxyl groups excluding tert-OH is 1. The molecule has 1 unspecified atom stereocenters. The fourth-order valence-corrected chi connectivity index (χ4v) is 2.10. The Labute approximate surface area is 91.2 Å². The van der Waals surface area contributed by atoms with E-state index < -0.39 is 0 Å². The lowest BCUT2D eigenvalue weighted by molar-refractivity contribution is -0.120. The zero-order valence-electron chi connectivity index (χ0n) is 9.41. The van der Waals surface area contributed by atoms with E-state index in [0.29, 0.717) is 5.92 Å². The van der Waals surface area contributed by atoms with Crippen LogP contribution in [0, 0.1) is 5.92 Å². The lowest BCUT2D eigenvalue weighted by atomic mass is 9.87. The van der Waals surface area contributed by atoms with E-state index in [4.69, 9.17) is 5.73 Å². The van der Waals surface area contributed by atoms with Crippen LogP contribution in [0.3, 0.4) is 0 Å². The van der Waals surface area contributed by atoms with Crippen molar-refractivity contribution >= 4 is 5.91 Å². The van der Waals surface area contributed by atoms with Crippen LogP contribution in [-0.2, 0) is 4.79 Å². The fourth-order valence-electron chi connectivity index (χ4n) is 2.10. The Hall–Kier alpha value is -0.610. The van der Waals surface area contributed by atoms with Gasteiger partial charge in [0.2, 0.25) is 5.91 Å². The maximum Gasteiger partial charge on any atom is 0.234 e. The van der Waals surface area contributed by atoms with Crippen LogP contribution in [0.4, 0.5) is 0 Å². The van der Waals surface area contributed by atoms with Gasteiger partial charge in [-0.25, -0.2) is 0 Å². The SMILES string of the molecule is CCC(NCC1CCC(O)CC1)C(N)=O. The van der Waals surface area contributed by atoms with Gasteiger partial charge in [0, 0.05) is 0 Å². The highest BCUT2D eigenvalue weighted by molar-refractivity contribution is 5.79. The molecule has 1 aliphatic rings. The number of carbonyl (C=O) groups excluding carboxylic acids is 1. The quantitative estimate of drug-likeness (QED) is 0.619. The average Bonchev–Trinajstić information content (AvgIpc) is 2.21. The number of aliphatic hydroxyl groups is 1. The molecule has 0 spiro atoms. The molecule has 0 aromatic carbocycles. The summed E-state index contributed by atoms with van der Waals surface area (Å²) in [7, 11) is 0. The van der Waals surface area contributed by atoms with Crippen LogP contribution in [0.1, 0.15) is 39.0 Å². The van der Waals surface area contributed by atoms with E-state index in [1.54, 1.807) is 0 Å². The first-order valence-corrected chi connectivity index (χ1v) is 5.84. The molecule has 0 aromatic rings. The summed E-state index contributed by atoms with van der Waals surface area (Å²) in [6.07, 6.45) is 4.50. The van der Waals surface area contributed by atoms with Gasteiger partial charge in [-0.3, -0.25) is 4.79 Å². The molecule has 0 bridgehead atoms. The largest absolute Gasteiger partial charge is 0.393 e. The summed E-state index contributed by atoms with van der Waals surface area (Å²) >= 11 is 0. The molecular weight excluding hydrogens is 192 g/mol. The first-order valence-electron chi connectivity index (χ1n) is 5.84. The average molecular weight is 214 g/mol. The van der Waals surface area contributed by atoms with Crippen LogP contribution in [0.15, 0.2) is 0 Å². The molecule has 1 fully saturated rings.